The number of phenols is 1. The van der Waals surface area contributed by atoms with E-state index >= 15 is 0 Å². The Kier molecular flexibility index (Phi) is 4.03. The highest BCUT2D eigenvalue weighted by Gasteiger charge is 2.08. The number of nitrogens with one attached hydrogen (secondary N) is 1. The van der Waals surface area contributed by atoms with E-state index in [0.717, 1.165) is 21.7 Å². The fraction of sp³-hybridized carbons (Fsp3) is 0. The Balaban J connectivity index is 1.58. The molecule has 1 aromatic heterocycles. The molecule has 0 atom stereocenters. The van der Waals surface area contributed by atoms with E-state index in [0.29, 0.717) is 5.56 Å². The van der Waals surface area contributed by atoms with Crippen LogP contribution in [0, 0.1) is 0 Å². The van der Waals surface area contributed by atoms with E-state index in [1.54, 1.807) is 12.1 Å². The number of para-hydroxylation sites is 1. The van der Waals surface area contributed by atoms with Gasteiger partial charge in [0.25, 0.3) is 5.91 Å². The molecule has 3 aromatic carbocycles. The van der Waals surface area contributed by atoms with Gasteiger partial charge in [0.2, 0.25) is 0 Å². The third-order valence-electron chi connectivity index (χ3n) is 4.14. The molecule has 0 aliphatic rings. The molecule has 0 saturated carbocycles. The van der Waals surface area contributed by atoms with Gasteiger partial charge in [0.15, 0.2) is 0 Å². The Hall–Kier alpha value is -3.73. The van der Waals surface area contributed by atoms with E-state index in [-0.39, 0.29) is 11.4 Å². The zero-order valence-corrected chi connectivity index (χ0v) is 13.8. The van der Waals surface area contributed by atoms with E-state index in [9.17, 15) is 9.90 Å². The van der Waals surface area contributed by atoms with Crippen LogP contribution in [0.4, 0.5) is 0 Å². The maximum absolute atomic E-state index is 12.3. The van der Waals surface area contributed by atoms with Crippen molar-refractivity contribution in [3.8, 4) is 5.75 Å². The van der Waals surface area contributed by atoms with Crippen molar-refractivity contribution in [2.24, 2.45) is 5.10 Å². The number of nitrogens with zero attached hydrogens (tertiary/aromatic N) is 2. The number of hydrogen-bond donors (Lipinski definition) is 2. The second kappa shape index (κ2) is 6.64. The van der Waals surface area contributed by atoms with Crippen LogP contribution in [-0.2, 0) is 0 Å². The smallest absolute Gasteiger partial charge is 0.289 e. The number of benzene rings is 3. The second-order valence-electron chi connectivity index (χ2n) is 5.81. The second-order valence-corrected chi connectivity index (χ2v) is 5.81. The van der Waals surface area contributed by atoms with Gasteiger partial charge in [-0.2, -0.15) is 5.10 Å². The van der Waals surface area contributed by atoms with E-state index in [1.165, 1.54) is 6.21 Å². The minimum absolute atomic E-state index is 0.102. The predicted molar refractivity (Wildman–Crippen MR) is 102 cm³/mol. The lowest BCUT2D eigenvalue weighted by Crippen LogP contribution is -2.19. The molecule has 126 valence electrons. The van der Waals surface area contributed by atoms with E-state index in [4.69, 9.17) is 0 Å². The van der Waals surface area contributed by atoms with Gasteiger partial charge in [-0.05, 0) is 29.0 Å². The SMILES string of the molecule is O=C(N/N=C\c1c(O)ccc2ccccc12)c1ccc2ccccc2n1. The van der Waals surface area contributed by atoms with Gasteiger partial charge in [0, 0.05) is 10.9 Å². The number of pyridine rings is 1. The van der Waals surface area contributed by atoms with Crippen molar-refractivity contribution in [1.82, 2.24) is 10.4 Å². The molecule has 4 rings (SSSR count). The third kappa shape index (κ3) is 2.98. The first-order valence-electron chi connectivity index (χ1n) is 8.12. The van der Waals surface area contributed by atoms with Gasteiger partial charge in [-0.3, -0.25) is 4.79 Å². The number of hydrazone groups is 1. The minimum atomic E-state index is -0.410. The fourth-order valence-electron chi connectivity index (χ4n) is 2.82. The van der Waals surface area contributed by atoms with Crippen LogP contribution in [0.5, 0.6) is 5.75 Å². The molecule has 4 aromatic rings. The molecule has 0 radical (unpaired) electrons. The summed E-state index contributed by atoms with van der Waals surface area (Å²) in [6.45, 7) is 0. The van der Waals surface area contributed by atoms with Gasteiger partial charge < -0.3 is 5.11 Å². The first-order chi connectivity index (χ1) is 12.7. The molecule has 5 heteroatoms. The van der Waals surface area contributed by atoms with Crippen LogP contribution in [0.15, 0.2) is 77.9 Å². The van der Waals surface area contributed by atoms with Crippen LogP contribution in [0.25, 0.3) is 21.7 Å². The van der Waals surface area contributed by atoms with Gasteiger partial charge in [-0.25, -0.2) is 10.4 Å². The molecule has 0 bridgehead atoms. The summed E-state index contributed by atoms with van der Waals surface area (Å²) in [5, 5.41) is 16.9. The average Bonchev–Trinajstić information content (AvgIpc) is 2.69. The number of fused-ring (bicyclic) bond motifs is 2. The van der Waals surface area contributed by atoms with E-state index in [1.807, 2.05) is 60.7 Å². The van der Waals surface area contributed by atoms with Crippen molar-refractivity contribution < 1.29 is 9.90 Å². The molecule has 0 fully saturated rings. The summed E-state index contributed by atoms with van der Waals surface area (Å²) in [6, 6.07) is 22.2. The van der Waals surface area contributed by atoms with Gasteiger partial charge >= 0.3 is 0 Å². The van der Waals surface area contributed by atoms with Crippen LogP contribution in [-0.4, -0.2) is 22.2 Å². The van der Waals surface area contributed by atoms with Gasteiger partial charge in [-0.1, -0.05) is 54.6 Å². The maximum atomic E-state index is 12.3. The van der Waals surface area contributed by atoms with Crippen molar-refractivity contribution in [2.75, 3.05) is 0 Å². The monoisotopic (exact) mass is 341 g/mol. The summed E-state index contributed by atoms with van der Waals surface area (Å²) >= 11 is 0. The van der Waals surface area contributed by atoms with Crippen molar-refractivity contribution >= 4 is 33.8 Å². The molecule has 0 aliphatic carbocycles. The average molecular weight is 341 g/mol. The highest BCUT2D eigenvalue weighted by molar-refractivity contribution is 6.03. The number of amides is 1. The first-order valence-corrected chi connectivity index (χ1v) is 8.12. The van der Waals surface area contributed by atoms with Crippen molar-refractivity contribution in [3.63, 3.8) is 0 Å². The Morgan fingerprint density at radius 2 is 1.65 bits per heavy atom. The standard InChI is InChI=1S/C21H15N3O2/c25-20-12-10-14-5-1-3-7-16(14)17(20)13-22-24-21(26)19-11-9-15-6-2-4-8-18(15)23-19/h1-13,25H,(H,24,26)/b22-13-. The minimum Gasteiger partial charge on any atom is -0.507 e. The number of carbonyl (C=O) groups is 1. The number of phenolic OH excluding ortho intramolecular Hbond substituents is 1. The quantitative estimate of drug-likeness (QED) is 0.439. The zero-order valence-electron chi connectivity index (χ0n) is 13.8. The highest BCUT2D eigenvalue weighted by atomic mass is 16.3. The molecule has 2 N–H and O–H groups in total. The largest absolute Gasteiger partial charge is 0.507 e. The van der Waals surface area contributed by atoms with Crippen molar-refractivity contribution in [1.29, 1.82) is 0 Å². The van der Waals surface area contributed by atoms with Gasteiger partial charge in [0.1, 0.15) is 11.4 Å². The number of aromatic hydroxyl groups is 1. The molecule has 1 amide bonds. The number of carbonyl (C=O) groups excluding carboxylic acids is 1. The van der Waals surface area contributed by atoms with Crippen LogP contribution in [0.2, 0.25) is 0 Å². The summed E-state index contributed by atoms with van der Waals surface area (Å²) in [5.41, 5.74) is 4.04. The number of rotatable bonds is 3. The van der Waals surface area contributed by atoms with E-state index in [2.05, 4.69) is 15.5 Å². The van der Waals surface area contributed by atoms with Crippen LogP contribution in [0.1, 0.15) is 16.1 Å². The zero-order chi connectivity index (χ0) is 17.9. The molecule has 0 saturated heterocycles. The maximum Gasteiger partial charge on any atom is 0.289 e. The molecular weight excluding hydrogens is 326 g/mol. The molecule has 0 aliphatic heterocycles. The summed E-state index contributed by atoms with van der Waals surface area (Å²) in [7, 11) is 0. The third-order valence-corrected chi connectivity index (χ3v) is 4.14. The lowest BCUT2D eigenvalue weighted by atomic mass is 10.0. The summed E-state index contributed by atoms with van der Waals surface area (Å²) in [6.07, 6.45) is 1.44. The molecule has 0 spiro atoms. The van der Waals surface area contributed by atoms with Crippen LogP contribution < -0.4 is 5.43 Å². The number of hydrogen-bond acceptors (Lipinski definition) is 4. The van der Waals surface area contributed by atoms with Crippen LogP contribution in [0.3, 0.4) is 0 Å². The van der Waals surface area contributed by atoms with Crippen LogP contribution >= 0.6 is 0 Å². The summed E-state index contributed by atoms with van der Waals surface area (Å²) < 4.78 is 0. The normalized spacial score (nSPS) is 11.2. The number of aromatic nitrogens is 1. The van der Waals surface area contributed by atoms with E-state index < -0.39 is 5.91 Å². The summed E-state index contributed by atoms with van der Waals surface area (Å²) in [4.78, 5) is 16.6. The van der Waals surface area contributed by atoms with Crippen molar-refractivity contribution in [3.05, 3.63) is 84.1 Å². The molecule has 5 nitrogen and oxygen atoms in total. The topological polar surface area (TPSA) is 74.6 Å². The Morgan fingerprint density at radius 3 is 2.54 bits per heavy atom. The predicted octanol–water partition coefficient (Wildman–Crippen LogP) is 3.86. The fourth-order valence-corrected chi connectivity index (χ4v) is 2.82. The first kappa shape index (κ1) is 15.8. The molecule has 26 heavy (non-hydrogen) atoms. The lowest BCUT2D eigenvalue weighted by molar-refractivity contribution is 0.0950. The van der Waals surface area contributed by atoms with Crippen molar-refractivity contribution in [2.45, 2.75) is 0 Å². The summed E-state index contributed by atoms with van der Waals surface area (Å²) in [5.74, 6) is -0.308. The molecule has 1 heterocycles. The Bertz CT molecular complexity index is 1150. The lowest BCUT2D eigenvalue weighted by Gasteiger charge is -2.05. The Labute approximate surface area is 149 Å². The van der Waals surface area contributed by atoms with Gasteiger partial charge in [0.05, 0.1) is 11.7 Å². The molecular formula is C21H15N3O2. The molecule has 0 unspecified atom stereocenters. The Morgan fingerprint density at radius 1 is 0.923 bits per heavy atom. The highest BCUT2D eigenvalue weighted by Crippen LogP contribution is 2.25. The van der Waals surface area contributed by atoms with Gasteiger partial charge in [-0.15, -0.1) is 0 Å².